The molecule has 3 amide bonds. The molecule has 0 radical (unpaired) electrons. The van der Waals surface area contributed by atoms with Gasteiger partial charge in [0.2, 0.25) is 5.91 Å². The molecule has 1 saturated heterocycles. The highest BCUT2D eigenvalue weighted by atomic mass is 16.2. The Morgan fingerprint density at radius 2 is 1.73 bits per heavy atom. The molecule has 22 heavy (non-hydrogen) atoms. The lowest BCUT2D eigenvalue weighted by atomic mass is 9.95. The van der Waals surface area contributed by atoms with E-state index in [1.54, 1.807) is 0 Å². The van der Waals surface area contributed by atoms with Gasteiger partial charge in [-0.1, -0.05) is 32.6 Å². The maximum Gasteiger partial charge on any atom is 0.317 e. The van der Waals surface area contributed by atoms with Crippen molar-refractivity contribution >= 4 is 11.9 Å². The van der Waals surface area contributed by atoms with Crippen LogP contribution in [0.1, 0.15) is 64.7 Å². The van der Waals surface area contributed by atoms with Crippen LogP contribution in [0.4, 0.5) is 4.79 Å². The van der Waals surface area contributed by atoms with E-state index in [0.717, 1.165) is 45.1 Å². The summed E-state index contributed by atoms with van der Waals surface area (Å²) in [6.45, 7) is 4.29. The second-order valence-electron chi connectivity index (χ2n) is 6.69. The van der Waals surface area contributed by atoms with Crippen molar-refractivity contribution in [2.24, 2.45) is 5.92 Å². The molecule has 2 N–H and O–H groups in total. The molecule has 1 heterocycles. The van der Waals surface area contributed by atoms with E-state index in [2.05, 4.69) is 17.6 Å². The van der Waals surface area contributed by atoms with E-state index >= 15 is 0 Å². The molecule has 0 spiro atoms. The molecule has 2 rings (SSSR count). The van der Waals surface area contributed by atoms with Crippen LogP contribution >= 0.6 is 0 Å². The maximum atomic E-state index is 12.3. The van der Waals surface area contributed by atoms with Crippen molar-refractivity contribution in [3.05, 3.63) is 0 Å². The minimum Gasteiger partial charge on any atom is -0.356 e. The second kappa shape index (κ2) is 9.01. The maximum absolute atomic E-state index is 12.3. The summed E-state index contributed by atoms with van der Waals surface area (Å²) in [5.74, 6) is 0.247. The molecule has 5 nitrogen and oxygen atoms in total. The van der Waals surface area contributed by atoms with Crippen LogP contribution in [0.3, 0.4) is 0 Å². The van der Waals surface area contributed by atoms with Gasteiger partial charge in [-0.3, -0.25) is 4.79 Å². The van der Waals surface area contributed by atoms with E-state index in [4.69, 9.17) is 0 Å². The van der Waals surface area contributed by atoms with E-state index in [1.165, 1.54) is 19.3 Å². The van der Waals surface area contributed by atoms with E-state index in [9.17, 15) is 9.59 Å². The smallest absolute Gasteiger partial charge is 0.317 e. The SMILES string of the molecule is CCCCNC(=O)C1CCN(C(=O)NC2CCCCC2)CC1. The average Bonchev–Trinajstić information content (AvgIpc) is 2.56. The molecule has 0 aromatic heterocycles. The number of carbonyl (C=O) groups excluding carboxylic acids is 2. The second-order valence-corrected chi connectivity index (χ2v) is 6.69. The lowest BCUT2D eigenvalue weighted by molar-refractivity contribution is -0.126. The number of nitrogens with zero attached hydrogens (tertiary/aromatic N) is 1. The molecular weight excluding hydrogens is 278 g/mol. The lowest BCUT2D eigenvalue weighted by Gasteiger charge is -2.33. The normalized spacial score (nSPS) is 20.7. The third kappa shape index (κ3) is 5.18. The molecule has 0 aromatic rings. The van der Waals surface area contributed by atoms with Crippen molar-refractivity contribution in [2.75, 3.05) is 19.6 Å². The quantitative estimate of drug-likeness (QED) is 0.767. The molecule has 1 aliphatic carbocycles. The number of unbranched alkanes of at least 4 members (excludes halogenated alkanes) is 1. The Balaban J connectivity index is 1.67. The van der Waals surface area contributed by atoms with Gasteiger partial charge < -0.3 is 15.5 Å². The number of carbonyl (C=O) groups is 2. The highest BCUT2D eigenvalue weighted by Gasteiger charge is 2.28. The summed E-state index contributed by atoms with van der Waals surface area (Å²) in [5.41, 5.74) is 0. The summed E-state index contributed by atoms with van der Waals surface area (Å²) >= 11 is 0. The Hall–Kier alpha value is -1.26. The van der Waals surface area contributed by atoms with E-state index < -0.39 is 0 Å². The van der Waals surface area contributed by atoms with Crippen LogP contribution in [0.5, 0.6) is 0 Å². The van der Waals surface area contributed by atoms with Gasteiger partial charge in [0.05, 0.1) is 0 Å². The van der Waals surface area contributed by atoms with Gasteiger partial charge in [0.1, 0.15) is 0 Å². The fourth-order valence-corrected chi connectivity index (χ4v) is 3.39. The molecule has 0 unspecified atom stereocenters. The summed E-state index contributed by atoms with van der Waals surface area (Å²) < 4.78 is 0. The van der Waals surface area contributed by atoms with E-state index in [0.29, 0.717) is 19.1 Å². The average molecular weight is 309 g/mol. The van der Waals surface area contributed by atoms with E-state index in [1.807, 2.05) is 4.90 Å². The molecule has 1 saturated carbocycles. The van der Waals surface area contributed by atoms with Gasteiger partial charge in [-0.25, -0.2) is 4.79 Å². The van der Waals surface area contributed by atoms with Crippen molar-refractivity contribution in [1.82, 2.24) is 15.5 Å². The van der Waals surface area contributed by atoms with Gasteiger partial charge in [0, 0.05) is 31.6 Å². The number of hydrogen-bond acceptors (Lipinski definition) is 2. The highest BCUT2D eigenvalue weighted by Crippen LogP contribution is 2.20. The molecule has 0 aromatic carbocycles. The van der Waals surface area contributed by atoms with Gasteiger partial charge in [0.15, 0.2) is 0 Å². The monoisotopic (exact) mass is 309 g/mol. The van der Waals surface area contributed by atoms with Crippen molar-refractivity contribution in [2.45, 2.75) is 70.8 Å². The van der Waals surface area contributed by atoms with Gasteiger partial charge in [0.25, 0.3) is 0 Å². The van der Waals surface area contributed by atoms with Crippen LogP contribution in [0.25, 0.3) is 0 Å². The van der Waals surface area contributed by atoms with Crippen LogP contribution < -0.4 is 10.6 Å². The van der Waals surface area contributed by atoms with Crippen molar-refractivity contribution in [1.29, 1.82) is 0 Å². The first kappa shape index (κ1) is 17.1. The third-order valence-corrected chi connectivity index (χ3v) is 4.92. The van der Waals surface area contributed by atoms with Crippen molar-refractivity contribution < 1.29 is 9.59 Å². The summed E-state index contributed by atoms with van der Waals surface area (Å²) in [5, 5.41) is 6.17. The Morgan fingerprint density at radius 3 is 2.36 bits per heavy atom. The fraction of sp³-hybridized carbons (Fsp3) is 0.882. The largest absolute Gasteiger partial charge is 0.356 e. The highest BCUT2D eigenvalue weighted by molar-refractivity contribution is 5.79. The lowest BCUT2D eigenvalue weighted by Crippen LogP contribution is -2.49. The predicted molar refractivity (Wildman–Crippen MR) is 87.6 cm³/mol. The van der Waals surface area contributed by atoms with E-state index in [-0.39, 0.29) is 17.9 Å². The Labute approximate surface area is 134 Å². The third-order valence-electron chi connectivity index (χ3n) is 4.92. The van der Waals surface area contributed by atoms with Crippen molar-refractivity contribution in [3.63, 3.8) is 0 Å². The topological polar surface area (TPSA) is 61.4 Å². The molecular formula is C17H31N3O2. The number of amides is 3. The van der Waals surface area contributed by atoms with Crippen LogP contribution in [0.15, 0.2) is 0 Å². The van der Waals surface area contributed by atoms with Crippen LogP contribution in [0.2, 0.25) is 0 Å². The first-order valence-corrected chi connectivity index (χ1v) is 9.04. The number of piperidine rings is 1. The number of urea groups is 1. The Kier molecular flexibility index (Phi) is 7.00. The van der Waals surface area contributed by atoms with Gasteiger partial charge >= 0.3 is 6.03 Å². The molecule has 1 aliphatic heterocycles. The Bertz CT molecular complexity index is 359. The number of hydrogen-bond donors (Lipinski definition) is 2. The molecule has 2 fully saturated rings. The van der Waals surface area contributed by atoms with Gasteiger partial charge in [-0.2, -0.15) is 0 Å². The van der Waals surface area contributed by atoms with Gasteiger partial charge in [-0.15, -0.1) is 0 Å². The minimum atomic E-state index is 0.0664. The van der Waals surface area contributed by atoms with Crippen LogP contribution in [-0.4, -0.2) is 42.5 Å². The Morgan fingerprint density at radius 1 is 1.05 bits per heavy atom. The summed E-state index contributed by atoms with van der Waals surface area (Å²) in [6, 6.07) is 0.424. The zero-order valence-electron chi connectivity index (χ0n) is 13.9. The fourth-order valence-electron chi connectivity index (χ4n) is 3.39. The summed E-state index contributed by atoms with van der Waals surface area (Å²) in [7, 11) is 0. The molecule has 5 heteroatoms. The minimum absolute atomic E-state index is 0.0664. The van der Waals surface area contributed by atoms with Crippen LogP contribution in [0, 0.1) is 5.92 Å². The number of nitrogens with one attached hydrogen (secondary N) is 2. The molecule has 0 atom stereocenters. The predicted octanol–water partition coefficient (Wildman–Crippen LogP) is 2.66. The number of rotatable bonds is 5. The zero-order valence-corrected chi connectivity index (χ0v) is 13.9. The first-order valence-electron chi connectivity index (χ1n) is 9.04. The van der Waals surface area contributed by atoms with Crippen molar-refractivity contribution in [3.8, 4) is 0 Å². The number of likely N-dealkylation sites (tertiary alicyclic amines) is 1. The molecule has 126 valence electrons. The molecule has 0 bridgehead atoms. The summed E-state index contributed by atoms with van der Waals surface area (Å²) in [6.07, 6.45) is 9.69. The van der Waals surface area contributed by atoms with Gasteiger partial charge in [-0.05, 0) is 32.1 Å². The molecule has 2 aliphatic rings. The first-order chi connectivity index (χ1) is 10.7. The summed E-state index contributed by atoms with van der Waals surface area (Å²) in [4.78, 5) is 26.2. The zero-order chi connectivity index (χ0) is 15.8. The standard InChI is InChI=1S/C17H31N3O2/c1-2-3-11-18-16(21)14-9-12-20(13-10-14)17(22)19-15-7-5-4-6-8-15/h14-15H,2-13H2,1H3,(H,18,21)(H,19,22). The van der Waals surface area contributed by atoms with Crippen LogP contribution in [-0.2, 0) is 4.79 Å².